The van der Waals surface area contributed by atoms with Crippen LogP contribution in [0.4, 0.5) is 0 Å². The lowest BCUT2D eigenvalue weighted by atomic mass is 10.0. The van der Waals surface area contributed by atoms with Crippen molar-refractivity contribution in [2.45, 2.75) is 25.0 Å². The van der Waals surface area contributed by atoms with E-state index in [-0.39, 0.29) is 0 Å². The number of benzene rings is 2. The van der Waals surface area contributed by atoms with Crippen LogP contribution in [0.25, 0.3) is 0 Å². The lowest BCUT2D eigenvalue weighted by molar-refractivity contribution is 0.401. The van der Waals surface area contributed by atoms with Crippen molar-refractivity contribution < 1.29 is 4.74 Å². The molecule has 1 fully saturated rings. The summed E-state index contributed by atoms with van der Waals surface area (Å²) in [5.41, 5.74) is 2.56. The third kappa shape index (κ3) is 3.26. The van der Waals surface area contributed by atoms with Gasteiger partial charge in [-0.25, -0.2) is 0 Å². The molecule has 1 aliphatic heterocycles. The predicted molar refractivity (Wildman–Crippen MR) is 85.4 cm³/mol. The summed E-state index contributed by atoms with van der Waals surface area (Å²) in [5, 5.41) is 7.27. The Bertz CT molecular complexity index is 570. The molecule has 0 unspecified atom stereocenters. The standard InChI is InChI=1S/C18H22N2O/c1-21-17-10-6-5-9-15(17)13-20-16-11-12-19-18(16)14-7-3-2-4-8-14/h2-10,16,18-20H,11-13H2,1H3/t16-,18-/m0/s1. The van der Waals surface area contributed by atoms with Gasteiger partial charge in [-0.05, 0) is 24.6 Å². The molecule has 1 aliphatic rings. The molecule has 3 nitrogen and oxygen atoms in total. The second kappa shape index (κ2) is 6.74. The second-order valence-corrected chi connectivity index (χ2v) is 5.43. The van der Waals surface area contributed by atoms with Gasteiger partial charge in [0.25, 0.3) is 0 Å². The molecule has 110 valence electrons. The van der Waals surface area contributed by atoms with Gasteiger partial charge in [0, 0.05) is 24.2 Å². The van der Waals surface area contributed by atoms with Crippen LogP contribution in [-0.4, -0.2) is 19.7 Å². The molecule has 3 rings (SSSR count). The van der Waals surface area contributed by atoms with Gasteiger partial charge in [0.15, 0.2) is 0 Å². The van der Waals surface area contributed by atoms with E-state index in [2.05, 4.69) is 53.1 Å². The highest BCUT2D eigenvalue weighted by molar-refractivity contribution is 5.33. The molecular formula is C18H22N2O. The molecule has 2 atom stereocenters. The molecule has 0 amide bonds. The lowest BCUT2D eigenvalue weighted by Crippen LogP contribution is -2.34. The van der Waals surface area contributed by atoms with Gasteiger partial charge in [-0.2, -0.15) is 0 Å². The molecule has 2 aromatic carbocycles. The Kier molecular flexibility index (Phi) is 4.53. The summed E-state index contributed by atoms with van der Waals surface area (Å²) >= 11 is 0. The van der Waals surface area contributed by atoms with Gasteiger partial charge in [0.1, 0.15) is 5.75 Å². The van der Waals surface area contributed by atoms with Crippen LogP contribution in [0.5, 0.6) is 5.75 Å². The Hall–Kier alpha value is -1.84. The van der Waals surface area contributed by atoms with Crippen molar-refractivity contribution in [2.75, 3.05) is 13.7 Å². The molecular weight excluding hydrogens is 260 g/mol. The number of hydrogen-bond donors (Lipinski definition) is 2. The Morgan fingerprint density at radius 3 is 2.67 bits per heavy atom. The Balaban J connectivity index is 1.67. The average molecular weight is 282 g/mol. The first kappa shape index (κ1) is 14.1. The topological polar surface area (TPSA) is 33.3 Å². The summed E-state index contributed by atoms with van der Waals surface area (Å²) in [4.78, 5) is 0. The van der Waals surface area contributed by atoms with Gasteiger partial charge in [0.2, 0.25) is 0 Å². The van der Waals surface area contributed by atoms with Gasteiger partial charge in [-0.1, -0.05) is 48.5 Å². The maximum atomic E-state index is 5.42. The normalized spacial score (nSPS) is 21.4. The largest absolute Gasteiger partial charge is 0.496 e. The zero-order valence-electron chi connectivity index (χ0n) is 12.4. The fourth-order valence-corrected chi connectivity index (χ4v) is 3.02. The summed E-state index contributed by atoms with van der Waals surface area (Å²) in [7, 11) is 1.72. The lowest BCUT2D eigenvalue weighted by Gasteiger charge is -2.22. The van der Waals surface area contributed by atoms with Crippen LogP contribution in [0.1, 0.15) is 23.6 Å². The van der Waals surface area contributed by atoms with Crippen molar-refractivity contribution in [1.82, 2.24) is 10.6 Å². The van der Waals surface area contributed by atoms with E-state index in [0.29, 0.717) is 12.1 Å². The maximum absolute atomic E-state index is 5.42. The van der Waals surface area contributed by atoms with E-state index in [0.717, 1.165) is 25.3 Å². The maximum Gasteiger partial charge on any atom is 0.123 e. The highest BCUT2D eigenvalue weighted by Crippen LogP contribution is 2.25. The molecule has 1 saturated heterocycles. The zero-order valence-corrected chi connectivity index (χ0v) is 12.4. The minimum atomic E-state index is 0.390. The summed E-state index contributed by atoms with van der Waals surface area (Å²) < 4.78 is 5.42. The highest BCUT2D eigenvalue weighted by atomic mass is 16.5. The van der Waals surface area contributed by atoms with Crippen molar-refractivity contribution in [3.8, 4) is 5.75 Å². The van der Waals surface area contributed by atoms with Gasteiger partial charge in [-0.15, -0.1) is 0 Å². The second-order valence-electron chi connectivity index (χ2n) is 5.43. The number of para-hydroxylation sites is 1. The molecule has 1 heterocycles. The van der Waals surface area contributed by atoms with Crippen LogP contribution in [0, 0.1) is 0 Å². The molecule has 0 radical (unpaired) electrons. The number of nitrogens with one attached hydrogen (secondary N) is 2. The first-order chi connectivity index (χ1) is 10.4. The van der Waals surface area contributed by atoms with Crippen LogP contribution in [0.3, 0.4) is 0 Å². The summed E-state index contributed by atoms with van der Waals surface area (Å²) in [6, 6.07) is 19.7. The summed E-state index contributed by atoms with van der Waals surface area (Å²) in [6.45, 7) is 1.89. The molecule has 21 heavy (non-hydrogen) atoms. The van der Waals surface area contributed by atoms with Gasteiger partial charge in [-0.3, -0.25) is 0 Å². The third-order valence-electron chi connectivity index (χ3n) is 4.13. The van der Waals surface area contributed by atoms with Crippen molar-refractivity contribution in [1.29, 1.82) is 0 Å². The Morgan fingerprint density at radius 2 is 1.86 bits per heavy atom. The van der Waals surface area contributed by atoms with E-state index in [4.69, 9.17) is 4.74 Å². The molecule has 0 aromatic heterocycles. The predicted octanol–water partition coefficient (Wildman–Crippen LogP) is 2.89. The average Bonchev–Trinajstić information content (AvgIpc) is 3.02. The van der Waals surface area contributed by atoms with E-state index >= 15 is 0 Å². The number of rotatable bonds is 5. The van der Waals surface area contributed by atoms with Crippen LogP contribution >= 0.6 is 0 Å². The van der Waals surface area contributed by atoms with Crippen molar-refractivity contribution in [3.63, 3.8) is 0 Å². The van der Waals surface area contributed by atoms with E-state index in [9.17, 15) is 0 Å². The van der Waals surface area contributed by atoms with Crippen LogP contribution in [0.2, 0.25) is 0 Å². The molecule has 3 heteroatoms. The smallest absolute Gasteiger partial charge is 0.123 e. The van der Waals surface area contributed by atoms with Crippen LogP contribution < -0.4 is 15.4 Å². The third-order valence-corrected chi connectivity index (χ3v) is 4.13. The fourth-order valence-electron chi connectivity index (χ4n) is 3.02. The van der Waals surface area contributed by atoms with Gasteiger partial charge >= 0.3 is 0 Å². The number of ether oxygens (including phenoxy) is 1. The van der Waals surface area contributed by atoms with Crippen LogP contribution in [0.15, 0.2) is 54.6 Å². The van der Waals surface area contributed by atoms with E-state index < -0.39 is 0 Å². The molecule has 2 aromatic rings. The number of hydrogen-bond acceptors (Lipinski definition) is 3. The van der Waals surface area contributed by atoms with Crippen molar-refractivity contribution >= 4 is 0 Å². The summed E-state index contributed by atoms with van der Waals surface area (Å²) in [5.74, 6) is 0.951. The Morgan fingerprint density at radius 1 is 1.10 bits per heavy atom. The molecule has 2 N–H and O–H groups in total. The molecule has 0 bridgehead atoms. The van der Waals surface area contributed by atoms with E-state index in [1.807, 2.05) is 12.1 Å². The quantitative estimate of drug-likeness (QED) is 0.884. The Labute approximate surface area is 126 Å². The highest BCUT2D eigenvalue weighted by Gasteiger charge is 2.27. The monoisotopic (exact) mass is 282 g/mol. The SMILES string of the molecule is COc1ccccc1CN[C@H]1CCN[C@H]1c1ccccc1. The molecule has 0 saturated carbocycles. The zero-order chi connectivity index (χ0) is 14.5. The van der Waals surface area contributed by atoms with E-state index in [1.165, 1.54) is 11.1 Å². The fraction of sp³-hybridized carbons (Fsp3) is 0.333. The molecule has 0 spiro atoms. The van der Waals surface area contributed by atoms with Crippen LogP contribution in [-0.2, 0) is 6.54 Å². The minimum Gasteiger partial charge on any atom is -0.496 e. The van der Waals surface area contributed by atoms with Crippen molar-refractivity contribution in [2.24, 2.45) is 0 Å². The number of methoxy groups -OCH3 is 1. The van der Waals surface area contributed by atoms with Gasteiger partial charge in [0.05, 0.1) is 7.11 Å². The van der Waals surface area contributed by atoms with Gasteiger partial charge < -0.3 is 15.4 Å². The first-order valence-electron chi connectivity index (χ1n) is 7.52. The molecule has 0 aliphatic carbocycles. The first-order valence-corrected chi connectivity index (χ1v) is 7.52. The summed E-state index contributed by atoms with van der Waals surface area (Å²) in [6.07, 6.45) is 1.15. The van der Waals surface area contributed by atoms with E-state index in [1.54, 1.807) is 7.11 Å². The van der Waals surface area contributed by atoms with Crippen molar-refractivity contribution in [3.05, 3.63) is 65.7 Å². The minimum absolute atomic E-state index is 0.390.